The van der Waals surface area contributed by atoms with Crippen LogP contribution in [0.3, 0.4) is 0 Å². The van der Waals surface area contributed by atoms with Gasteiger partial charge in [0.05, 0.1) is 11.6 Å². The molecule has 0 radical (unpaired) electrons. The first-order chi connectivity index (χ1) is 16.3. The number of rotatable bonds is 5. The van der Waals surface area contributed by atoms with Crippen molar-refractivity contribution < 1.29 is 22.7 Å². The van der Waals surface area contributed by atoms with Gasteiger partial charge in [0.2, 0.25) is 5.88 Å². The van der Waals surface area contributed by atoms with Crippen LogP contribution in [0.5, 0.6) is 5.88 Å². The fraction of sp³-hybridized carbons (Fsp3) is 0.375. The summed E-state index contributed by atoms with van der Waals surface area (Å²) in [5.41, 5.74) is 0.464. The first-order valence-corrected chi connectivity index (χ1v) is 11.0. The molecule has 0 unspecified atom stereocenters. The lowest BCUT2D eigenvalue weighted by atomic mass is 10.0. The van der Waals surface area contributed by atoms with Crippen molar-refractivity contribution in [1.29, 1.82) is 0 Å². The number of amides is 1. The number of carbonyl (C=O) groups excluding carboxylic acids is 1. The highest BCUT2D eigenvalue weighted by molar-refractivity contribution is 5.98. The second-order valence-electron chi connectivity index (χ2n) is 8.69. The van der Waals surface area contributed by atoms with Gasteiger partial charge in [0.25, 0.3) is 5.91 Å². The second-order valence-corrected chi connectivity index (χ2v) is 8.69. The minimum absolute atomic E-state index is 0.0479. The van der Waals surface area contributed by atoms with Crippen molar-refractivity contribution in [2.75, 3.05) is 13.2 Å². The third-order valence-electron chi connectivity index (χ3n) is 6.26. The summed E-state index contributed by atoms with van der Waals surface area (Å²) in [5.74, 6) is 0.942. The SMILES string of the molecule is Cc1ccc(-c2ncccn2)c(C(=O)N2C[C@@H]3C[C@@H]3C[C@H]2COc2cccc(C(F)(F)F)n2)n1. The number of pyridine rings is 2. The summed E-state index contributed by atoms with van der Waals surface area (Å²) in [6, 6.07) is 8.52. The Labute approximate surface area is 194 Å². The van der Waals surface area contributed by atoms with Crippen LogP contribution in [0, 0.1) is 18.8 Å². The van der Waals surface area contributed by atoms with E-state index in [0.29, 0.717) is 35.5 Å². The van der Waals surface area contributed by atoms with Crippen LogP contribution >= 0.6 is 0 Å². The molecule has 2 aliphatic rings. The number of aromatic nitrogens is 4. The minimum atomic E-state index is -4.56. The summed E-state index contributed by atoms with van der Waals surface area (Å²) in [7, 11) is 0. The number of likely N-dealkylation sites (tertiary alicyclic amines) is 1. The zero-order valence-electron chi connectivity index (χ0n) is 18.4. The van der Waals surface area contributed by atoms with E-state index in [-0.39, 0.29) is 30.1 Å². The van der Waals surface area contributed by atoms with Crippen LogP contribution in [-0.4, -0.2) is 49.9 Å². The fourth-order valence-electron chi connectivity index (χ4n) is 4.42. The molecular formula is C24H22F3N5O2. The molecule has 2 fully saturated rings. The number of nitrogens with zero attached hydrogens (tertiary/aromatic N) is 5. The van der Waals surface area contributed by atoms with Gasteiger partial charge in [0.1, 0.15) is 18.0 Å². The summed E-state index contributed by atoms with van der Waals surface area (Å²) in [6.07, 6.45) is 0.395. The van der Waals surface area contributed by atoms with Crippen LogP contribution in [0.25, 0.3) is 11.4 Å². The average molecular weight is 469 g/mol. The minimum Gasteiger partial charge on any atom is -0.475 e. The predicted molar refractivity (Wildman–Crippen MR) is 116 cm³/mol. The Morgan fingerprint density at radius 1 is 1.06 bits per heavy atom. The zero-order chi connectivity index (χ0) is 23.9. The Bertz CT molecular complexity index is 1200. The number of piperidine rings is 1. The van der Waals surface area contributed by atoms with E-state index in [0.717, 1.165) is 18.9 Å². The molecule has 3 aromatic rings. The van der Waals surface area contributed by atoms with Gasteiger partial charge in [-0.25, -0.2) is 19.9 Å². The van der Waals surface area contributed by atoms with Crippen molar-refractivity contribution in [3.8, 4) is 17.3 Å². The largest absolute Gasteiger partial charge is 0.475 e. The smallest absolute Gasteiger partial charge is 0.433 e. The first-order valence-electron chi connectivity index (χ1n) is 11.0. The maximum Gasteiger partial charge on any atom is 0.433 e. The molecule has 0 bridgehead atoms. The number of ether oxygens (including phenoxy) is 1. The Balaban J connectivity index is 1.40. The molecule has 176 valence electrons. The van der Waals surface area contributed by atoms with Gasteiger partial charge in [-0.05, 0) is 55.9 Å². The Morgan fingerprint density at radius 2 is 1.85 bits per heavy atom. The Hall–Kier alpha value is -3.56. The van der Waals surface area contributed by atoms with E-state index in [4.69, 9.17) is 4.74 Å². The van der Waals surface area contributed by atoms with E-state index in [1.807, 2.05) is 0 Å². The van der Waals surface area contributed by atoms with Gasteiger partial charge >= 0.3 is 6.18 Å². The van der Waals surface area contributed by atoms with Gasteiger partial charge in [0, 0.05) is 30.7 Å². The summed E-state index contributed by atoms with van der Waals surface area (Å²) < 4.78 is 44.6. The monoisotopic (exact) mass is 469 g/mol. The Kier molecular flexibility index (Phi) is 5.66. The third kappa shape index (κ3) is 4.57. The fourth-order valence-corrected chi connectivity index (χ4v) is 4.42. The van der Waals surface area contributed by atoms with Crippen molar-refractivity contribution in [2.24, 2.45) is 11.8 Å². The van der Waals surface area contributed by atoms with Gasteiger partial charge in [-0.3, -0.25) is 4.79 Å². The van der Waals surface area contributed by atoms with Crippen LogP contribution in [0.4, 0.5) is 13.2 Å². The molecule has 3 atom stereocenters. The Morgan fingerprint density at radius 3 is 2.62 bits per heavy atom. The number of carbonyl (C=O) groups is 1. The lowest BCUT2D eigenvalue weighted by molar-refractivity contribution is -0.141. The van der Waals surface area contributed by atoms with Gasteiger partial charge in [0.15, 0.2) is 5.82 Å². The number of alkyl halides is 3. The van der Waals surface area contributed by atoms with Gasteiger partial charge in [-0.1, -0.05) is 6.07 Å². The van der Waals surface area contributed by atoms with Gasteiger partial charge < -0.3 is 9.64 Å². The zero-order valence-corrected chi connectivity index (χ0v) is 18.4. The average Bonchev–Trinajstić information content (AvgIpc) is 3.60. The molecular weight excluding hydrogens is 447 g/mol. The van der Waals surface area contributed by atoms with E-state index >= 15 is 0 Å². The number of aryl methyl sites for hydroxylation is 1. The van der Waals surface area contributed by atoms with Crippen molar-refractivity contribution in [1.82, 2.24) is 24.8 Å². The molecule has 0 N–H and O–H groups in total. The molecule has 1 amide bonds. The molecule has 10 heteroatoms. The first kappa shape index (κ1) is 22.2. The molecule has 1 saturated heterocycles. The van der Waals surface area contributed by atoms with Crippen LogP contribution in [0.2, 0.25) is 0 Å². The van der Waals surface area contributed by atoms with Crippen LogP contribution < -0.4 is 4.74 Å². The van der Waals surface area contributed by atoms with Crippen molar-refractivity contribution in [3.63, 3.8) is 0 Å². The molecule has 7 nitrogen and oxygen atoms in total. The van der Waals surface area contributed by atoms with E-state index < -0.39 is 11.9 Å². The molecule has 5 rings (SSSR count). The number of hydrogen-bond donors (Lipinski definition) is 0. The summed E-state index contributed by atoms with van der Waals surface area (Å²) in [6.45, 7) is 2.41. The highest BCUT2D eigenvalue weighted by atomic mass is 19.4. The topological polar surface area (TPSA) is 81.1 Å². The summed E-state index contributed by atoms with van der Waals surface area (Å²) in [4.78, 5) is 32.0. The van der Waals surface area contributed by atoms with Crippen molar-refractivity contribution >= 4 is 5.91 Å². The van der Waals surface area contributed by atoms with Crippen molar-refractivity contribution in [2.45, 2.75) is 32.0 Å². The quantitative estimate of drug-likeness (QED) is 0.558. The summed E-state index contributed by atoms with van der Waals surface area (Å²) >= 11 is 0. The van der Waals surface area contributed by atoms with Gasteiger partial charge in [-0.15, -0.1) is 0 Å². The summed E-state index contributed by atoms with van der Waals surface area (Å²) in [5, 5.41) is 0. The third-order valence-corrected chi connectivity index (χ3v) is 6.26. The molecule has 1 aliphatic heterocycles. The lowest BCUT2D eigenvalue weighted by Gasteiger charge is -2.35. The van der Waals surface area contributed by atoms with E-state index in [1.54, 1.807) is 42.4 Å². The number of fused-ring (bicyclic) bond motifs is 1. The molecule has 4 heterocycles. The maximum absolute atomic E-state index is 13.7. The standard InChI is InChI=1S/C24H22F3N5O2/c1-14-6-7-18(22-28-8-3-9-29-22)21(30-14)23(33)32-12-16-10-15(16)11-17(32)13-34-20-5-2-4-19(31-20)24(25,26)27/h2-9,15-17H,10-13H2,1H3/t15-,16+,17+/m1/s1. The molecule has 34 heavy (non-hydrogen) atoms. The van der Waals surface area contributed by atoms with Crippen molar-refractivity contribution in [3.05, 3.63) is 65.9 Å². The molecule has 0 aromatic carbocycles. The molecule has 1 aliphatic carbocycles. The molecule has 1 saturated carbocycles. The van der Waals surface area contributed by atoms with Gasteiger partial charge in [-0.2, -0.15) is 13.2 Å². The normalized spacial score (nSPS) is 21.6. The van der Waals surface area contributed by atoms with Crippen LogP contribution in [0.1, 0.15) is 34.7 Å². The van der Waals surface area contributed by atoms with E-state index in [2.05, 4.69) is 19.9 Å². The molecule has 0 spiro atoms. The second kappa shape index (κ2) is 8.66. The maximum atomic E-state index is 13.7. The van der Waals surface area contributed by atoms with E-state index in [1.165, 1.54) is 12.1 Å². The number of hydrogen-bond acceptors (Lipinski definition) is 6. The van der Waals surface area contributed by atoms with Crippen LogP contribution in [-0.2, 0) is 6.18 Å². The molecule has 3 aromatic heterocycles. The number of halogens is 3. The van der Waals surface area contributed by atoms with Crippen LogP contribution in [0.15, 0.2) is 48.8 Å². The highest BCUT2D eigenvalue weighted by Gasteiger charge is 2.48. The predicted octanol–water partition coefficient (Wildman–Crippen LogP) is 4.19. The van der Waals surface area contributed by atoms with E-state index in [9.17, 15) is 18.0 Å². The highest BCUT2D eigenvalue weighted by Crippen LogP contribution is 2.47. The lowest BCUT2D eigenvalue weighted by Crippen LogP contribution is -2.48.